The summed E-state index contributed by atoms with van der Waals surface area (Å²) in [4.78, 5) is 37.9. The van der Waals surface area contributed by atoms with Gasteiger partial charge in [0.1, 0.15) is 17.9 Å². The van der Waals surface area contributed by atoms with Crippen molar-refractivity contribution in [2.75, 3.05) is 13.1 Å². The van der Waals surface area contributed by atoms with Crippen LogP contribution in [0.15, 0.2) is 36.9 Å². The van der Waals surface area contributed by atoms with E-state index in [1.807, 2.05) is 0 Å². The zero-order valence-electron chi connectivity index (χ0n) is 24.7. The van der Waals surface area contributed by atoms with Gasteiger partial charge in [0.15, 0.2) is 8.32 Å². The Hall–Kier alpha value is -2.92. The molecule has 1 saturated heterocycles. The summed E-state index contributed by atoms with van der Waals surface area (Å²) >= 11 is 0. The summed E-state index contributed by atoms with van der Waals surface area (Å²) in [5.74, 6) is -0.281. The van der Waals surface area contributed by atoms with E-state index >= 15 is 0 Å². The molecule has 1 unspecified atom stereocenters. The number of carbonyl (C=O) groups excluding carboxylic acids is 2. The van der Waals surface area contributed by atoms with Gasteiger partial charge in [0.05, 0.1) is 4.92 Å². The predicted molar refractivity (Wildman–Crippen MR) is 153 cm³/mol. The van der Waals surface area contributed by atoms with E-state index in [4.69, 9.17) is 13.9 Å². The molecule has 218 valence electrons. The van der Waals surface area contributed by atoms with E-state index in [2.05, 4.69) is 45.8 Å². The number of rotatable bonds is 10. The Morgan fingerprint density at radius 2 is 1.82 bits per heavy atom. The van der Waals surface area contributed by atoms with Crippen LogP contribution in [0.2, 0.25) is 18.1 Å². The van der Waals surface area contributed by atoms with E-state index in [0.29, 0.717) is 31.5 Å². The first kappa shape index (κ1) is 32.3. The second kappa shape index (κ2) is 12.5. The predicted octanol–water partition coefficient (Wildman–Crippen LogP) is 6.76. The fourth-order valence-electron chi connectivity index (χ4n) is 4.33. The number of nitro groups is 1. The Morgan fingerprint density at radius 3 is 2.33 bits per heavy atom. The number of nitro benzene ring substituents is 1. The van der Waals surface area contributed by atoms with E-state index < -0.39 is 36.8 Å². The fraction of sp³-hybridized carbons (Fsp3) is 0.643. The first-order chi connectivity index (χ1) is 17.9. The molecule has 2 rings (SSSR count). The van der Waals surface area contributed by atoms with Gasteiger partial charge in [0, 0.05) is 31.1 Å². The van der Waals surface area contributed by atoms with Crippen molar-refractivity contribution in [1.29, 1.82) is 0 Å². The summed E-state index contributed by atoms with van der Waals surface area (Å²) in [5.41, 5.74) is -0.969. The van der Waals surface area contributed by atoms with Crippen molar-refractivity contribution < 1.29 is 28.4 Å². The number of carbonyl (C=O) groups is 2. The van der Waals surface area contributed by atoms with E-state index in [0.717, 1.165) is 6.42 Å². The molecule has 0 aliphatic carbocycles. The van der Waals surface area contributed by atoms with Crippen LogP contribution in [-0.2, 0) is 20.5 Å². The lowest BCUT2D eigenvalue weighted by Gasteiger charge is -2.50. The third-order valence-electron chi connectivity index (χ3n) is 7.33. The molecule has 1 N–H and O–H groups in total. The van der Waals surface area contributed by atoms with Gasteiger partial charge >= 0.3 is 12.2 Å². The van der Waals surface area contributed by atoms with E-state index in [9.17, 15) is 19.7 Å². The molecule has 0 bridgehead atoms. The molecule has 1 heterocycles. The SMILES string of the molecule is C=CC(CCNC(=O)OC(C)(C)C)[C@@]1(O[Si](C)(C)C(C)(C)C)CCCN1C(=O)OCc1ccc([N+](=O)[O-])cc1. The van der Waals surface area contributed by atoms with Crippen molar-refractivity contribution in [1.82, 2.24) is 10.2 Å². The number of nitrogens with one attached hydrogen (secondary N) is 1. The van der Waals surface area contributed by atoms with Crippen LogP contribution in [0.1, 0.15) is 66.4 Å². The van der Waals surface area contributed by atoms with Gasteiger partial charge in [-0.2, -0.15) is 0 Å². The molecule has 1 aromatic rings. The van der Waals surface area contributed by atoms with Gasteiger partial charge in [-0.25, -0.2) is 9.59 Å². The van der Waals surface area contributed by atoms with Gasteiger partial charge in [-0.15, -0.1) is 6.58 Å². The summed E-state index contributed by atoms with van der Waals surface area (Å²) < 4.78 is 18.1. The average Bonchev–Trinajstić information content (AvgIpc) is 3.22. The normalized spacial score (nSPS) is 18.8. The largest absolute Gasteiger partial charge is 0.444 e. The number of hydrogen-bond donors (Lipinski definition) is 1. The molecule has 1 fully saturated rings. The van der Waals surface area contributed by atoms with E-state index in [1.165, 1.54) is 12.1 Å². The second-order valence-electron chi connectivity index (χ2n) is 12.5. The highest BCUT2D eigenvalue weighted by Crippen LogP contribution is 2.47. The monoisotopic (exact) mass is 563 g/mol. The Labute approximate surface area is 233 Å². The smallest absolute Gasteiger partial charge is 0.412 e. The minimum absolute atomic E-state index is 0.0253. The Kier molecular flexibility index (Phi) is 10.4. The number of amides is 2. The Balaban J connectivity index is 2.28. The third kappa shape index (κ3) is 8.53. The lowest BCUT2D eigenvalue weighted by molar-refractivity contribution is -0.384. The van der Waals surface area contributed by atoms with E-state index in [-0.39, 0.29) is 23.3 Å². The first-order valence-corrected chi connectivity index (χ1v) is 16.3. The van der Waals surface area contributed by atoms with E-state index in [1.54, 1.807) is 43.9 Å². The highest BCUT2D eigenvalue weighted by Gasteiger charge is 2.55. The average molecular weight is 564 g/mol. The van der Waals surface area contributed by atoms with Crippen molar-refractivity contribution in [3.63, 3.8) is 0 Å². The van der Waals surface area contributed by atoms with Crippen LogP contribution >= 0.6 is 0 Å². The van der Waals surface area contributed by atoms with Crippen LogP contribution in [0.25, 0.3) is 0 Å². The quantitative estimate of drug-likeness (QED) is 0.144. The van der Waals surface area contributed by atoms with Gasteiger partial charge in [-0.3, -0.25) is 15.0 Å². The summed E-state index contributed by atoms with van der Waals surface area (Å²) in [7, 11) is -2.38. The molecule has 1 aliphatic heterocycles. The van der Waals surface area contributed by atoms with Crippen LogP contribution in [0.3, 0.4) is 0 Å². The molecule has 10 nitrogen and oxygen atoms in total. The fourth-order valence-corrected chi connectivity index (χ4v) is 5.88. The Morgan fingerprint density at radius 1 is 1.21 bits per heavy atom. The van der Waals surface area contributed by atoms with Gasteiger partial charge in [0.2, 0.25) is 0 Å². The molecule has 39 heavy (non-hydrogen) atoms. The summed E-state index contributed by atoms with van der Waals surface area (Å²) in [5, 5.41) is 13.6. The van der Waals surface area contributed by atoms with Gasteiger partial charge in [-0.05, 0) is 75.9 Å². The van der Waals surface area contributed by atoms with Crippen LogP contribution in [0.4, 0.5) is 15.3 Å². The molecule has 0 saturated carbocycles. The minimum Gasteiger partial charge on any atom is -0.444 e. The lowest BCUT2D eigenvalue weighted by atomic mass is 9.90. The molecule has 2 atom stereocenters. The minimum atomic E-state index is -2.38. The molecule has 0 radical (unpaired) electrons. The van der Waals surface area contributed by atoms with Crippen LogP contribution in [0.5, 0.6) is 0 Å². The standard InChI is InChI=1S/C28H45N3O7Si/c1-10-22(16-18-29-24(32)37-26(2,3)4)28(38-39(8,9)27(5,6)7)17-11-19-30(28)25(33)36-20-21-12-14-23(15-13-21)31(34)35/h10,12-15,22H,1,11,16-20H2,2-9H3,(H,29,32)/t22?,28-/m0/s1. The van der Waals surface area contributed by atoms with Crippen LogP contribution < -0.4 is 5.32 Å². The lowest BCUT2D eigenvalue weighted by Crippen LogP contribution is -2.60. The first-order valence-electron chi connectivity index (χ1n) is 13.4. The summed E-state index contributed by atoms with van der Waals surface area (Å²) in [6.07, 6.45) is 2.60. The molecule has 11 heteroatoms. The van der Waals surface area contributed by atoms with Crippen molar-refractivity contribution in [3.05, 3.63) is 52.6 Å². The van der Waals surface area contributed by atoms with Crippen molar-refractivity contribution >= 4 is 26.2 Å². The number of likely N-dealkylation sites (tertiary alicyclic amines) is 1. The maximum atomic E-state index is 13.5. The molecule has 0 spiro atoms. The number of nitrogens with zero attached hydrogens (tertiary/aromatic N) is 2. The van der Waals surface area contributed by atoms with Gasteiger partial charge in [0.25, 0.3) is 5.69 Å². The molecule has 1 aromatic carbocycles. The zero-order valence-corrected chi connectivity index (χ0v) is 25.7. The third-order valence-corrected chi connectivity index (χ3v) is 11.8. The topological polar surface area (TPSA) is 120 Å². The molecular formula is C28H45N3O7Si. The van der Waals surface area contributed by atoms with Gasteiger partial charge < -0.3 is 19.2 Å². The van der Waals surface area contributed by atoms with Crippen LogP contribution in [0, 0.1) is 16.0 Å². The summed E-state index contributed by atoms with van der Waals surface area (Å²) in [6, 6.07) is 5.91. The van der Waals surface area contributed by atoms with Gasteiger partial charge in [-0.1, -0.05) is 26.8 Å². The molecule has 1 aliphatic rings. The summed E-state index contributed by atoms with van der Waals surface area (Å²) in [6.45, 7) is 21.0. The number of alkyl carbamates (subject to hydrolysis) is 1. The number of benzene rings is 1. The highest BCUT2D eigenvalue weighted by atomic mass is 28.4. The molecular weight excluding hydrogens is 518 g/mol. The molecule has 2 amide bonds. The second-order valence-corrected chi connectivity index (χ2v) is 17.2. The Bertz CT molecular complexity index is 1030. The van der Waals surface area contributed by atoms with Crippen molar-refractivity contribution in [2.24, 2.45) is 5.92 Å². The zero-order chi connectivity index (χ0) is 29.6. The molecule has 0 aromatic heterocycles. The van der Waals surface area contributed by atoms with Crippen molar-refractivity contribution in [3.8, 4) is 0 Å². The maximum absolute atomic E-state index is 13.5. The number of non-ortho nitro benzene ring substituents is 1. The van der Waals surface area contributed by atoms with Crippen LogP contribution in [-0.4, -0.2) is 54.7 Å². The highest BCUT2D eigenvalue weighted by molar-refractivity contribution is 6.74. The number of hydrogen-bond acceptors (Lipinski definition) is 7. The van der Waals surface area contributed by atoms with Crippen molar-refractivity contribution in [2.45, 2.75) is 96.9 Å². The maximum Gasteiger partial charge on any atom is 0.412 e. The number of ether oxygens (including phenoxy) is 2.